The van der Waals surface area contributed by atoms with Crippen LogP contribution in [0.1, 0.15) is 26.2 Å². The molecule has 0 saturated carbocycles. The number of nitrogens with zero attached hydrogens (tertiary/aromatic N) is 1. The summed E-state index contributed by atoms with van der Waals surface area (Å²) in [5.74, 6) is 0. The van der Waals surface area contributed by atoms with Crippen molar-refractivity contribution in [2.45, 2.75) is 26.2 Å². The molecule has 0 rings (SSSR count). The van der Waals surface area contributed by atoms with Crippen molar-refractivity contribution in [3.05, 3.63) is 0 Å². The summed E-state index contributed by atoms with van der Waals surface area (Å²) < 4.78 is 0. The highest BCUT2D eigenvalue weighted by Crippen LogP contribution is 1.91. The van der Waals surface area contributed by atoms with Gasteiger partial charge in [-0.1, -0.05) is 6.92 Å². The highest BCUT2D eigenvalue weighted by atomic mass is 16.1. The second kappa shape index (κ2) is 6.75. The zero-order valence-electron chi connectivity index (χ0n) is 6.89. The smallest absolute Gasteiger partial charge is 0.198 e. The zero-order chi connectivity index (χ0) is 7.82. The van der Waals surface area contributed by atoms with E-state index in [1.165, 1.54) is 6.42 Å². The van der Waals surface area contributed by atoms with E-state index in [1.807, 2.05) is 6.29 Å². The zero-order valence-corrected chi connectivity index (χ0v) is 6.89. The van der Waals surface area contributed by atoms with Gasteiger partial charge in [0.1, 0.15) is 0 Å². The molecule has 0 aromatic carbocycles. The van der Waals surface area contributed by atoms with E-state index >= 15 is 0 Å². The normalized spacial score (nSPS) is 10.3. The van der Waals surface area contributed by atoms with Crippen LogP contribution >= 0.6 is 0 Å². The van der Waals surface area contributed by atoms with E-state index in [2.05, 4.69) is 18.9 Å². The second-order valence-electron chi connectivity index (χ2n) is 2.55. The van der Waals surface area contributed by atoms with Gasteiger partial charge < -0.3 is 4.90 Å². The van der Waals surface area contributed by atoms with Crippen molar-refractivity contribution >= 4 is 6.29 Å². The molecule has 0 fully saturated rings. The lowest BCUT2D eigenvalue weighted by Crippen LogP contribution is -2.20. The van der Waals surface area contributed by atoms with Gasteiger partial charge in [-0.05, 0) is 33.0 Å². The van der Waals surface area contributed by atoms with Gasteiger partial charge in [0, 0.05) is 6.42 Å². The van der Waals surface area contributed by atoms with Crippen molar-refractivity contribution in [2.24, 2.45) is 0 Å². The predicted molar refractivity (Wildman–Crippen MR) is 42.7 cm³/mol. The van der Waals surface area contributed by atoms with Gasteiger partial charge in [-0.15, -0.1) is 0 Å². The maximum atomic E-state index is 9.80. The lowest BCUT2D eigenvalue weighted by atomic mass is 10.3. The Labute approximate surface area is 63.2 Å². The Morgan fingerprint density at radius 3 is 2.60 bits per heavy atom. The molecular weight excluding hydrogens is 126 g/mol. The largest absolute Gasteiger partial charge is 0.306 e. The number of hydrogen-bond donors (Lipinski definition) is 0. The number of rotatable bonds is 6. The van der Waals surface area contributed by atoms with E-state index in [4.69, 9.17) is 0 Å². The highest BCUT2D eigenvalue weighted by Gasteiger charge is 1.94. The minimum Gasteiger partial charge on any atom is -0.306 e. The van der Waals surface area contributed by atoms with Crippen LogP contribution in [0.3, 0.4) is 0 Å². The maximum absolute atomic E-state index is 9.80. The first kappa shape index (κ1) is 9.63. The lowest BCUT2D eigenvalue weighted by Gasteiger charge is -2.13. The Bertz CT molecular complexity index is 83.3. The standard InChI is InChI=1S/C8H16NO/c1-3-6-9(2)7-4-5-8-10/h3-7H2,1-2H3. The first-order valence-corrected chi connectivity index (χ1v) is 3.84. The summed E-state index contributed by atoms with van der Waals surface area (Å²) in [6.07, 6.45) is 4.59. The van der Waals surface area contributed by atoms with Crippen molar-refractivity contribution in [1.82, 2.24) is 4.90 Å². The second-order valence-corrected chi connectivity index (χ2v) is 2.55. The molecule has 0 aliphatic carbocycles. The van der Waals surface area contributed by atoms with E-state index in [0.717, 1.165) is 19.5 Å². The van der Waals surface area contributed by atoms with Crippen LogP contribution < -0.4 is 0 Å². The third-order valence-corrected chi connectivity index (χ3v) is 1.42. The van der Waals surface area contributed by atoms with E-state index in [0.29, 0.717) is 6.42 Å². The summed E-state index contributed by atoms with van der Waals surface area (Å²) in [4.78, 5) is 12.0. The summed E-state index contributed by atoms with van der Waals surface area (Å²) in [6, 6.07) is 0. The Balaban J connectivity index is 3.04. The molecule has 0 aromatic heterocycles. The molecule has 0 aliphatic rings. The molecule has 0 N–H and O–H groups in total. The Morgan fingerprint density at radius 1 is 1.40 bits per heavy atom. The van der Waals surface area contributed by atoms with Gasteiger partial charge in [0.05, 0.1) is 0 Å². The van der Waals surface area contributed by atoms with Gasteiger partial charge in [-0.2, -0.15) is 0 Å². The molecule has 0 spiro atoms. The van der Waals surface area contributed by atoms with E-state index in [1.54, 1.807) is 0 Å². The number of hydrogen-bond acceptors (Lipinski definition) is 2. The van der Waals surface area contributed by atoms with Gasteiger partial charge in [-0.3, -0.25) is 4.79 Å². The summed E-state index contributed by atoms with van der Waals surface area (Å²) >= 11 is 0. The van der Waals surface area contributed by atoms with Crippen LogP contribution in [-0.2, 0) is 4.79 Å². The molecule has 10 heavy (non-hydrogen) atoms. The van der Waals surface area contributed by atoms with Gasteiger partial charge in [0.2, 0.25) is 0 Å². The maximum Gasteiger partial charge on any atom is 0.198 e. The van der Waals surface area contributed by atoms with Crippen LogP contribution in [0.5, 0.6) is 0 Å². The van der Waals surface area contributed by atoms with Crippen LogP contribution in [0.15, 0.2) is 0 Å². The SMILES string of the molecule is CCCN(C)CCC[C]=O. The van der Waals surface area contributed by atoms with Crippen LogP contribution in [0.2, 0.25) is 0 Å². The molecule has 1 radical (unpaired) electrons. The van der Waals surface area contributed by atoms with Crippen LogP contribution in [0, 0.1) is 0 Å². The first-order valence-electron chi connectivity index (χ1n) is 3.84. The van der Waals surface area contributed by atoms with E-state index < -0.39 is 0 Å². The monoisotopic (exact) mass is 142 g/mol. The molecule has 2 nitrogen and oxygen atoms in total. The fraction of sp³-hybridized carbons (Fsp3) is 0.875. The van der Waals surface area contributed by atoms with Crippen LogP contribution in [-0.4, -0.2) is 31.3 Å². The average molecular weight is 142 g/mol. The molecule has 59 valence electrons. The van der Waals surface area contributed by atoms with Gasteiger partial charge in [0.15, 0.2) is 6.29 Å². The van der Waals surface area contributed by atoms with E-state index in [-0.39, 0.29) is 0 Å². The topological polar surface area (TPSA) is 20.3 Å². The van der Waals surface area contributed by atoms with Gasteiger partial charge in [-0.25, -0.2) is 0 Å². The minimum absolute atomic E-state index is 0.577. The van der Waals surface area contributed by atoms with Crippen molar-refractivity contribution in [3.63, 3.8) is 0 Å². The third-order valence-electron chi connectivity index (χ3n) is 1.42. The Morgan fingerprint density at radius 2 is 2.10 bits per heavy atom. The predicted octanol–water partition coefficient (Wildman–Crippen LogP) is 1.22. The average Bonchev–Trinajstić information content (AvgIpc) is 1.89. The lowest BCUT2D eigenvalue weighted by molar-refractivity contribution is 0.331. The van der Waals surface area contributed by atoms with Crippen molar-refractivity contribution in [2.75, 3.05) is 20.1 Å². The fourth-order valence-corrected chi connectivity index (χ4v) is 0.915. The molecule has 0 amide bonds. The molecule has 2 heteroatoms. The molecule has 0 unspecified atom stereocenters. The quantitative estimate of drug-likeness (QED) is 0.520. The summed E-state index contributed by atoms with van der Waals surface area (Å²) in [5, 5.41) is 0. The Hall–Kier alpha value is -0.370. The molecular formula is C8H16NO. The molecule has 0 atom stereocenters. The summed E-state index contributed by atoms with van der Waals surface area (Å²) in [6.45, 7) is 4.30. The van der Waals surface area contributed by atoms with Gasteiger partial charge >= 0.3 is 0 Å². The Kier molecular flexibility index (Phi) is 6.50. The molecule has 0 aliphatic heterocycles. The number of carbonyl (C=O) groups excluding carboxylic acids is 1. The van der Waals surface area contributed by atoms with E-state index in [9.17, 15) is 4.79 Å². The summed E-state index contributed by atoms with van der Waals surface area (Å²) in [5.41, 5.74) is 0. The molecule has 0 saturated heterocycles. The molecule has 0 heterocycles. The molecule has 0 bridgehead atoms. The minimum atomic E-state index is 0.577. The van der Waals surface area contributed by atoms with Crippen LogP contribution in [0.25, 0.3) is 0 Å². The molecule has 0 aromatic rings. The number of unbranched alkanes of at least 4 members (excludes halogenated alkanes) is 1. The fourth-order valence-electron chi connectivity index (χ4n) is 0.915. The summed E-state index contributed by atoms with van der Waals surface area (Å²) in [7, 11) is 2.08. The van der Waals surface area contributed by atoms with Gasteiger partial charge in [0.25, 0.3) is 0 Å². The highest BCUT2D eigenvalue weighted by molar-refractivity contribution is 5.50. The van der Waals surface area contributed by atoms with Crippen molar-refractivity contribution in [3.8, 4) is 0 Å². The third kappa shape index (κ3) is 5.76. The van der Waals surface area contributed by atoms with Crippen molar-refractivity contribution < 1.29 is 4.79 Å². The van der Waals surface area contributed by atoms with Crippen LogP contribution in [0.4, 0.5) is 0 Å². The first-order chi connectivity index (χ1) is 4.81. The van der Waals surface area contributed by atoms with Crippen molar-refractivity contribution in [1.29, 1.82) is 0 Å².